The number of aromatic nitrogens is 1. The SMILES string of the molecule is CC(C)(C)OC(=O)N[C@@H](CCS(=N)(=O)CCC(O)(c1ccc(-c2ccc(Cl)cc2Cl)cn1)C(F)(F)F)C(=O)OC(C)(C)C. The first-order chi connectivity index (χ1) is 19.4. The van der Waals surface area contributed by atoms with Crippen molar-refractivity contribution in [3.05, 3.63) is 52.3 Å². The lowest BCUT2D eigenvalue weighted by Gasteiger charge is -2.30. The van der Waals surface area contributed by atoms with Gasteiger partial charge < -0.3 is 19.9 Å². The van der Waals surface area contributed by atoms with Crippen molar-refractivity contribution >= 4 is 45.0 Å². The van der Waals surface area contributed by atoms with Crippen molar-refractivity contribution in [3.63, 3.8) is 0 Å². The zero-order valence-electron chi connectivity index (χ0n) is 24.6. The van der Waals surface area contributed by atoms with E-state index in [1.165, 1.54) is 12.1 Å². The Morgan fingerprint density at radius 2 is 1.63 bits per heavy atom. The van der Waals surface area contributed by atoms with Crippen LogP contribution in [0.2, 0.25) is 10.0 Å². The molecule has 0 aliphatic rings. The Bertz CT molecular complexity index is 1410. The second kappa shape index (κ2) is 13.6. The van der Waals surface area contributed by atoms with Gasteiger partial charge in [-0.15, -0.1) is 0 Å². The van der Waals surface area contributed by atoms with Gasteiger partial charge in [-0.25, -0.2) is 13.8 Å². The Morgan fingerprint density at radius 1 is 1.02 bits per heavy atom. The topological polar surface area (TPSA) is 139 Å². The van der Waals surface area contributed by atoms with E-state index in [9.17, 15) is 32.1 Å². The van der Waals surface area contributed by atoms with Crippen LogP contribution >= 0.6 is 23.2 Å². The molecule has 1 amide bonds. The summed E-state index contributed by atoms with van der Waals surface area (Å²) in [6.07, 6.45) is -6.64. The summed E-state index contributed by atoms with van der Waals surface area (Å²) in [6.45, 7) is 9.57. The monoisotopic (exact) mass is 669 g/mol. The first-order valence-electron chi connectivity index (χ1n) is 13.1. The lowest BCUT2D eigenvalue weighted by atomic mass is 9.94. The maximum atomic E-state index is 14.2. The van der Waals surface area contributed by atoms with Gasteiger partial charge in [0.05, 0.1) is 5.69 Å². The van der Waals surface area contributed by atoms with Crippen molar-refractivity contribution in [1.82, 2.24) is 10.3 Å². The van der Waals surface area contributed by atoms with Gasteiger partial charge in [0.2, 0.25) is 5.60 Å². The number of nitrogens with one attached hydrogen (secondary N) is 2. The number of aliphatic hydroxyl groups is 1. The van der Waals surface area contributed by atoms with Crippen LogP contribution < -0.4 is 5.32 Å². The molecular formula is C28H36Cl2F3N3O6S. The van der Waals surface area contributed by atoms with E-state index in [-0.39, 0.29) is 5.02 Å². The molecule has 2 rings (SSSR count). The molecule has 0 aliphatic heterocycles. The third-order valence-electron chi connectivity index (χ3n) is 5.81. The third-order valence-corrected chi connectivity index (χ3v) is 8.12. The molecule has 9 nitrogen and oxygen atoms in total. The summed E-state index contributed by atoms with van der Waals surface area (Å²) >= 11 is 12.1. The number of alkyl carbamates (subject to hydrolysis) is 1. The Hall–Kier alpha value is -2.61. The molecule has 2 unspecified atom stereocenters. The zero-order valence-corrected chi connectivity index (χ0v) is 26.9. The number of benzene rings is 1. The van der Waals surface area contributed by atoms with E-state index in [2.05, 4.69) is 10.3 Å². The van der Waals surface area contributed by atoms with E-state index in [0.29, 0.717) is 16.1 Å². The maximum absolute atomic E-state index is 14.2. The third kappa shape index (κ3) is 11.1. The van der Waals surface area contributed by atoms with Crippen LogP contribution in [0.15, 0.2) is 36.5 Å². The number of esters is 1. The van der Waals surface area contributed by atoms with Gasteiger partial charge in [0, 0.05) is 55.0 Å². The highest BCUT2D eigenvalue weighted by Gasteiger charge is 2.56. The summed E-state index contributed by atoms with van der Waals surface area (Å²) in [6, 6.07) is 5.44. The molecule has 0 saturated carbocycles. The van der Waals surface area contributed by atoms with Crippen molar-refractivity contribution in [3.8, 4) is 11.1 Å². The molecule has 1 aromatic heterocycles. The van der Waals surface area contributed by atoms with E-state index in [4.69, 9.17) is 37.5 Å². The Kier molecular flexibility index (Phi) is 11.6. The molecule has 2 aromatic rings. The molecule has 3 atom stereocenters. The average molecular weight is 671 g/mol. The van der Waals surface area contributed by atoms with Gasteiger partial charge in [0.1, 0.15) is 17.2 Å². The normalized spacial score (nSPS) is 16.0. The molecule has 240 valence electrons. The van der Waals surface area contributed by atoms with Gasteiger partial charge in [0.25, 0.3) is 0 Å². The minimum atomic E-state index is -5.23. The van der Waals surface area contributed by atoms with Crippen LogP contribution in [0.4, 0.5) is 18.0 Å². The van der Waals surface area contributed by atoms with Crippen molar-refractivity contribution in [2.45, 2.75) is 83.4 Å². The number of carbonyl (C=O) groups is 2. The van der Waals surface area contributed by atoms with E-state index < -0.39 is 80.9 Å². The number of halogens is 5. The van der Waals surface area contributed by atoms with Gasteiger partial charge in [-0.3, -0.25) is 9.76 Å². The molecule has 1 aromatic carbocycles. The van der Waals surface area contributed by atoms with Crippen LogP contribution in [0.25, 0.3) is 11.1 Å². The molecule has 15 heteroatoms. The minimum Gasteiger partial charge on any atom is -0.458 e. The highest BCUT2D eigenvalue weighted by Crippen LogP contribution is 2.42. The van der Waals surface area contributed by atoms with E-state index in [1.54, 1.807) is 53.7 Å². The molecule has 0 fully saturated rings. The molecule has 3 N–H and O–H groups in total. The Morgan fingerprint density at radius 3 is 2.12 bits per heavy atom. The fourth-order valence-electron chi connectivity index (χ4n) is 3.73. The maximum Gasteiger partial charge on any atom is 0.423 e. The molecule has 1 heterocycles. The number of carbonyl (C=O) groups excluding carboxylic acids is 2. The second-order valence-corrected chi connectivity index (χ2v) is 15.2. The fraction of sp³-hybridized carbons (Fsp3) is 0.536. The summed E-state index contributed by atoms with van der Waals surface area (Å²) < 4.78 is 74.2. The molecule has 0 bridgehead atoms. The van der Waals surface area contributed by atoms with Crippen molar-refractivity contribution in [1.29, 1.82) is 4.78 Å². The number of pyridine rings is 1. The predicted molar refractivity (Wildman–Crippen MR) is 158 cm³/mol. The summed E-state index contributed by atoms with van der Waals surface area (Å²) in [5.74, 6) is -2.36. The highest BCUT2D eigenvalue weighted by molar-refractivity contribution is 7.92. The molecule has 0 saturated heterocycles. The molecule has 0 aliphatic carbocycles. The summed E-state index contributed by atoms with van der Waals surface area (Å²) in [5, 5.41) is 13.7. The van der Waals surface area contributed by atoms with Crippen LogP contribution in [0.3, 0.4) is 0 Å². The quantitative estimate of drug-likeness (QED) is 0.235. The number of amides is 1. The lowest BCUT2D eigenvalue weighted by molar-refractivity contribution is -0.268. The van der Waals surface area contributed by atoms with Crippen LogP contribution in [-0.4, -0.2) is 61.3 Å². The fourth-order valence-corrected chi connectivity index (χ4v) is 5.69. The number of ether oxygens (including phenoxy) is 2. The highest BCUT2D eigenvalue weighted by atomic mass is 35.5. The van der Waals surface area contributed by atoms with Crippen molar-refractivity contribution in [2.75, 3.05) is 11.5 Å². The van der Waals surface area contributed by atoms with E-state index >= 15 is 0 Å². The molecule has 0 radical (unpaired) electrons. The summed E-state index contributed by atoms with van der Waals surface area (Å²) in [4.78, 5) is 28.8. The minimum absolute atomic E-state index is 0.243. The summed E-state index contributed by atoms with van der Waals surface area (Å²) in [5.41, 5.74) is -5.32. The first-order valence-corrected chi connectivity index (χ1v) is 15.8. The number of hydrogen-bond donors (Lipinski definition) is 3. The number of alkyl halides is 3. The van der Waals surface area contributed by atoms with Crippen molar-refractivity contribution < 1.29 is 41.5 Å². The zero-order chi connectivity index (χ0) is 33.0. The van der Waals surface area contributed by atoms with Crippen molar-refractivity contribution in [2.24, 2.45) is 0 Å². The van der Waals surface area contributed by atoms with Gasteiger partial charge in [-0.05, 0) is 66.2 Å². The summed E-state index contributed by atoms with van der Waals surface area (Å²) in [7, 11) is -3.80. The smallest absolute Gasteiger partial charge is 0.423 e. The van der Waals surface area contributed by atoms with Gasteiger partial charge in [-0.1, -0.05) is 35.3 Å². The molecule has 0 spiro atoms. The predicted octanol–water partition coefficient (Wildman–Crippen LogP) is 6.87. The standard InChI is InChI=1S/C28H36Cl2F3N3O6S/c1-25(2,3)41-23(37)21(36-24(38)42-26(4,5)6)11-13-43(34,40)14-12-27(39,28(31,32)33)22-10-7-17(16-35-22)19-9-8-18(29)15-20(19)30/h7-10,15-16,21,34,39H,11-14H2,1-6H3,(H,36,38)/t21-,27?,43?/m0/s1. The number of nitrogens with zero attached hydrogens (tertiary/aromatic N) is 1. The molecular weight excluding hydrogens is 634 g/mol. The van der Waals surface area contributed by atoms with Crippen LogP contribution in [0.1, 0.15) is 60.1 Å². The Balaban J connectivity index is 2.23. The van der Waals surface area contributed by atoms with E-state index in [0.717, 1.165) is 12.3 Å². The molecule has 43 heavy (non-hydrogen) atoms. The second-order valence-electron chi connectivity index (χ2n) is 11.9. The number of rotatable bonds is 10. The first kappa shape index (κ1) is 36.6. The van der Waals surface area contributed by atoms with Gasteiger partial charge in [-0.2, -0.15) is 13.2 Å². The van der Waals surface area contributed by atoms with E-state index in [1.807, 2.05) is 0 Å². The largest absolute Gasteiger partial charge is 0.458 e. The van der Waals surface area contributed by atoms with Crippen LogP contribution in [-0.2, 0) is 29.6 Å². The average Bonchev–Trinajstić information content (AvgIpc) is 2.82. The van der Waals surface area contributed by atoms with Gasteiger partial charge >= 0.3 is 18.2 Å². The Labute approximate surface area is 259 Å². The lowest BCUT2D eigenvalue weighted by Crippen LogP contribution is -2.47. The van der Waals surface area contributed by atoms with Gasteiger partial charge in [0.15, 0.2) is 0 Å². The number of hydrogen-bond acceptors (Lipinski definition) is 8. The van der Waals surface area contributed by atoms with Crippen LogP contribution in [0.5, 0.6) is 0 Å². The van der Waals surface area contributed by atoms with Crippen LogP contribution in [0, 0.1) is 4.78 Å².